The maximum atomic E-state index is 11.4. The molecular formula is C24H44O2Si. The van der Waals surface area contributed by atoms with Gasteiger partial charge in [0.2, 0.25) is 0 Å². The zero-order valence-corrected chi connectivity index (χ0v) is 20.1. The van der Waals surface area contributed by atoms with Gasteiger partial charge in [0.15, 0.2) is 0 Å². The van der Waals surface area contributed by atoms with Crippen LogP contribution in [0.2, 0.25) is 16.6 Å². The summed E-state index contributed by atoms with van der Waals surface area (Å²) < 4.78 is 4.78. The normalized spacial score (nSPS) is 17.1. The Morgan fingerprint density at radius 1 is 0.963 bits per heavy atom. The van der Waals surface area contributed by atoms with E-state index in [9.17, 15) is 4.79 Å². The van der Waals surface area contributed by atoms with Crippen LogP contribution in [0.5, 0.6) is 0 Å². The molecule has 1 fully saturated rings. The highest BCUT2D eigenvalue weighted by atomic mass is 28.3. The molecule has 0 heterocycles. The number of hydrogen-bond acceptors (Lipinski definition) is 2. The van der Waals surface area contributed by atoms with Gasteiger partial charge in [-0.1, -0.05) is 67.2 Å². The molecule has 1 aliphatic rings. The quantitative estimate of drug-likeness (QED) is 0.180. The Hall–Kier alpha value is -0.753. The number of unbranched alkanes of at least 4 members (excludes halogenated alkanes) is 1. The predicted molar refractivity (Wildman–Crippen MR) is 119 cm³/mol. The summed E-state index contributed by atoms with van der Waals surface area (Å²) in [6, 6.07) is 0. The van der Waals surface area contributed by atoms with Crippen molar-refractivity contribution in [3.63, 3.8) is 0 Å². The van der Waals surface area contributed by atoms with Gasteiger partial charge in [-0.05, 0) is 48.2 Å². The lowest BCUT2D eigenvalue weighted by Gasteiger charge is -2.38. The predicted octanol–water partition coefficient (Wildman–Crippen LogP) is 7.14. The van der Waals surface area contributed by atoms with Crippen molar-refractivity contribution in [2.24, 2.45) is 11.8 Å². The van der Waals surface area contributed by atoms with Crippen LogP contribution in [0.15, 0.2) is 0 Å². The molecule has 0 radical (unpaired) electrons. The molecule has 1 rings (SSSR count). The smallest absolute Gasteiger partial charge is 0.305 e. The van der Waals surface area contributed by atoms with Crippen molar-refractivity contribution in [2.45, 2.75) is 116 Å². The largest absolute Gasteiger partial charge is 0.469 e. The van der Waals surface area contributed by atoms with E-state index in [1.165, 1.54) is 39.2 Å². The third-order valence-corrected chi connectivity index (χ3v) is 13.2. The molecule has 0 bridgehead atoms. The van der Waals surface area contributed by atoms with Gasteiger partial charge < -0.3 is 4.74 Å². The second-order valence-corrected chi connectivity index (χ2v) is 15.1. The third-order valence-electron chi connectivity index (χ3n) is 6.93. The minimum Gasteiger partial charge on any atom is -0.469 e. The molecular weight excluding hydrogens is 348 g/mol. The van der Waals surface area contributed by atoms with Crippen LogP contribution in [0.4, 0.5) is 0 Å². The zero-order valence-electron chi connectivity index (χ0n) is 19.1. The van der Waals surface area contributed by atoms with E-state index in [4.69, 9.17) is 4.74 Å². The van der Waals surface area contributed by atoms with E-state index in [1.54, 1.807) is 0 Å². The Kier molecular flexibility index (Phi) is 10.7. The van der Waals surface area contributed by atoms with Gasteiger partial charge in [-0.15, -0.1) is 11.5 Å². The third kappa shape index (κ3) is 6.97. The molecule has 3 heteroatoms. The number of hydrogen-bond donors (Lipinski definition) is 0. The summed E-state index contributed by atoms with van der Waals surface area (Å²) in [7, 11) is -0.182. The van der Waals surface area contributed by atoms with E-state index in [1.807, 2.05) is 0 Å². The van der Waals surface area contributed by atoms with Gasteiger partial charge in [-0.3, -0.25) is 4.79 Å². The molecule has 0 N–H and O–H groups in total. The van der Waals surface area contributed by atoms with Gasteiger partial charge in [0, 0.05) is 12.3 Å². The highest BCUT2D eigenvalue weighted by Crippen LogP contribution is 2.41. The van der Waals surface area contributed by atoms with Crippen molar-refractivity contribution < 1.29 is 9.53 Å². The number of rotatable bonds is 9. The maximum Gasteiger partial charge on any atom is 0.305 e. The van der Waals surface area contributed by atoms with Crippen LogP contribution < -0.4 is 0 Å². The number of ether oxygens (including phenoxy) is 1. The Morgan fingerprint density at radius 3 is 2.00 bits per heavy atom. The number of methoxy groups -OCH3 is 1. The fraction of sp³-hybridized carbons (Fsp3) is 0.875. The van der Waals surface area contributed by atoms with E-state index in [-0.39, 0.29) is 5.97 Å². The summed E-state index contributed by atoms with van der Waals surface area (Å²) in [4.78, 5) is 11.4. The zero-order chi connectivity index (χ0) is 20.4. The van der Waals surface area contributed by atoms with Crippen LogP contribution >= 0.6 is 0 Å². The standard InChI is InChI=1S/C24H44O2Si/c1-19(2)27(20(3)4,21(5)6)18-17-23(22-13-9-8-10-14-22)15-11-12-16-24(25)26-7/h19-23H,8-16H2,1-7H3. The Bertz CT molecular complexity index is 470. The van der Waals surface area contributed by atoms with Crippen molar-refractivity contribution in [1.82, 2.24) is 0 Å². The van der Waals surface area contributed by atoms with Gasteiger partial charge in [-0.25, -0.2) is 0 Å². The fourth-order valence-corrected chi connectivity index (χ4v) is 10.7. The van der Waals surface area contributed by atoms with E-state index >= 15 is 0 Å². The van der Waals surface area contributed by atoms with Crippen molar-refractivity contribution in [2.75, 3.05) is 7.11 Å². The highest BCUT2D eigenvalue weighted by molar-refractivity contribution is 6.90. The molecule has 0 aromatic heterocycles. The van der Waals surface area contributed by atoms with E-state index in [0.717, 1.165) is 25.2 Å². The van der Waals surface area contributed by atoms with Gasteiger partial charge in [-0.2, -0.15) is 0 Å². The lowest BCUT2D eigenvalue weighted by Crippen LogP contribution is -2.43. The van der Waals surface area contributed by atoms with Gasteiger partial charge in [0.25, 0.3) is 0 Å². The second kappa shape index (κ2) is 11.9. The van der Waals surface area contributed by atoms with Crippen molar-refractivity contribution in [1.29, 1.82) is 0 Å². The molecule has 1 aliphatic carbocycles. The molecule has 0 aromatic carbocycles. The first-order chi connectivity index (χ1) is 12.8. The topological polar surface area (TPSA) is 26.3 Å². The maximum absolute atomic E-state index is 11.4. The number of esters is 1. The summed E-state index contributed by atoms with van der Waals surface area (Å²) >= 11 is 0. The lowest BCUT2D eigenvalue weighted by molar-refractivity contribution is -0.140. The summed E-state index contributed by atoms with van der Waals surface area (Å²) in [6.45, 7) is 14.4. The summed E-state index contributed by atoms with van der Waals surface area (Å²) in [5.41, 5.74) is 6.06. The van der Waals surface area contributed by atoms with E-state index < -0.39 is 8.07 Å². The first-order valence-electron chi connectivity index (χ1n) is 11.3. The van der Waals surface area contributed by atoms with Crippen molar-refractivity contribution in [3.8, 4) is 11.5 Å². The average molecular weight is 393 g/mol. The number of carbonyl (C=O) groups is 1. The molecule has 0 saturated heterocycles. The fourth-order valence-electron chi connectivity index (χ4n) is 5.35. The summed E-state index contributed by atoms with van der Waals surface area (Å²) in [6.07, 6.45) is 10.5. The van der Waals surface area contributed by atoms with Crippen LogP contribution in [-0.2, 0) is 9.53 Å². The SMILES string of the molecule is COC(=O)CCCCC(C#C[Si](C(C)C)(C(C)C)C(C)C)C1CCCCC1. The second-order valence-electron chi connectivity index (χ2n) is 9.49. The minimum absolute atomic E-state index is 0.0823. The van der Waals surface area contributed by atoms with Crippen LogP contribution in [0, 0.1) is 23.3 Å². The molecule has 1 unspecified atom stereocenters. The Balaban J connectivity index is 2.94. The highest BCUT2D eigenvalue weighted by Gasteiger charge is 2.41. The Morgan fingerprint density at radius 2 is 1.52 bits per heavy atom. The molecule has 0 aliphatic heterocycles. The molecule has 27 heavy (non-hydrogen) atoms. The van der Waals surface area contributed by atoms with Gasteiger partial charge in [0.05, 0.1) is 7.11 Å². The monoisotopic (exact) mass is 392 g/mol. The van der Waals surface area contributed by atoms with E-state index in [0.29, 0.717) is 29.0 Å². The van der Waals surface area contributed by atoms with Gasteiger partial charge >= 0.3 is 5.97 Å². The molecule has 2 nitrogen and oxygen atoms in total. The van der Waals surface area contributed by atoms with Crippen molar-refractivity contribution >= 4 is 14.0 Å². The summed E-state index contributed by atoms with van der Waals surface area (Å²) in [5, 5.41) is 0. The minimum atomic E-state index is -1.66. The van der Waals surface area contributed by atoms with Gasteiger partial charge in [0.1, 0.15) is 8.07 Å². The van der Waals surface area contributed by atoms with Crippen LogP contribution in [-0.4, -0.2) is 21.2 Å². The molecule has 156 valence electrons. The molecule has 0 aromatic rings. The van der Waals surface area contributed by atoms with Crippen LogP contribution in [0.1, 0.15) is 99.3 Å². The lowest BCUT2D eigenvalue weighted by atomic mass is 9.78. The molecule has 0 amide bonds. The van der Waals surface area contributed by atoms with E-state index in [2.05, 4.69) is 53.0 Å². The van der Waals surface area contributed by atoms with Crippen LogP contribution in [0.25, 0.3) is 0 Å². The van der Waals surface area contributed by atoms with Crippen LogP contribution in [0.3, 0.4) is 0 Å². The first-order valence-corrected chi connectivity index (χ1v) is 13.6. The number of carbonyl (C=O) groups excluding carboxylic acids is 1. The van der Waals surface area contributed by atoms with Crippen molar-refractivity contribution in [3.05, 3.63) is 0 Å². The summed E-state index contributed by atoms with van der Waals surface area (Å²) in [5.74, 6) is 5.08. The first kappa shape index (κ1) is 24.3. The molecule has 1 atom stereocenters. The average Bonchev–Trinajstić information content (AvgIpc) is 2.63. The molecule has 1 saturated carbocycles. The molecule has 0 spiro atoms. The Labute approximate surface area is 170 Å².